The van der Waals surface area contributed by atoms with Gasteiger partial charge in [0.05, 0.1) is 0 Å². The van der Waals surface area contributed by atoms with Gasteiger partial charge in [-0.05, 0) is 18.4 Å². The van der Waals surface area contributed by atoms with Crippen molar-refractivity contribution in [3.63, 3.8) is 0 Å². The smallest absolute Gasteiger partial charge is 0.220 e. The van der Waals surface area contributed by atoms with Crippen LogP contribution in [0.3, 0.4) is 0 Å². The lowest BCUT2D eigenvalue weighted by Gasteiger charge is -2.11. The number of carbonyl (C=O) groups is 1. The third-order valence-corrected chi connectivity index (χ3v) is 3.01. The summed E-state index contributed by atoms with van der Waals surface area (Å²) in [6.45, 7) is 2.94. The molecule has 1 unspecified atom stereocenters. The highest BCUT2D eigenvalue weighted by molar-refractivity contribution is 5.75. The maximum absolute atomic E-state index is 11.6. The lowest BCUT2D eigenvalue weighted by atomic mass is 10.0. The molecule has 1 atom stereocenters. The molecule has 0 radical (unpaired) electrons. The van der Waals surface area contributed by atoms with Crippen molar-refractivity contribution in [2.75, 3.05) is 6.54 Å². The van der Waals surface area contributed by atoms with Crippen LogP contribution < -0.4 is 11.1 Å². The van der Waals surface area contributed by atoms with Crippen LogP contribution in [-0.2, 0) is 4.79 Å². The van der Waals surface area contributed by atoms with E-state index in [0.717, 1.165) is 18.5 Å². The summed E-state index contributed by atoms with van der Waals surface area (Å²) in [6, 6.07) is 9.87. The van der Waals surface area contributed by atoms with Gasteiger partial charge in [-0.15, -0.1) is 0 Å². The molecule has 3 nitrogen and oxygen atoms in total. The van der Waals surface area contributed by atoms with Crippen LogP contribution in [0.15, 0.2) is 30.3 Å². The predicted octanol–water partition coefficient (Wildman–Crippen LogP) is 2.77. The number of unbranched alkanes of at least 4 members (excludes halogenated alkanes) is 2. The summed E-state index contributed by atoms with van der Waals surface area (Å²) in [6.07, 6.45) is 4.61. The van der Waals surface area contributed by atoms with Crippen LogP contribution in [0.2, 0.25) is 0 Å². The first-order valence-electron chi connectivity index (χ1n) is 6.81. The quantitative estimate of drug-likeness (QED) is 0.695. The van der Waals surface area contributed by atoms with E-state index in [1.165, 1.54) is 12.8 Å². The summed E-state index contributed by atoms with van der Waals surface area (Å²) in [5, 5.41) is 2.93. The fourth-order valence-corrected chi connectivity index (χ4v) is 1.84. The molecule has 0 aliphatic heterocycles. The largest absolute Gasteiger partial charge is 0.356 e. The zero-order chi connectivity index (χ0) is 13.2. The van der Waals surface area contributed by atoms with Crippen molar-refractivity contribution in [3.05, 3.63) is 35.9 Å². The molecule has 1 rings (SSSR count). The van der Waals surface area contributed by atoms with Gasteiger partial charge in [0, 0.05) is 19.0 Å². The van der Waals surface area contributed by atoms with E-state index in [9.17, 15) is 4.79 Å². The maximum atomic E-state index is 11.6. The molecule has 0 aliphatic carbocycles. The van der Waals surface area contributed by atoms with Gasteiger partial charge < -0.3 is 11.1 Å². The monoisotopic (exact) mass is 248 g/mol. The molecular formula is C15H24N2O. The van der Waals surface area contributed by atoms with Gasteiger partial charge in [0.1, 0.15) is 0 Å². The van der Waals surface area contributed by atoms with Crippen LogP contribution in [0.4, 0.5) is 0 Å². The number of nitrogens with one attached hydrogen (secondary N) is 1. The molecule has 0 aromatic heterocycles. The first kappa shape index (κ1) is 14.7. The molecule has 0 aliphatic rings. The van der Waals surface area contributed by atoms with Gasteiger partial charge in [-0.2, -0.15) is 0 Å². The molecule has 0 bridgehead atoms. The van der Waals surface area contributed by atoms with Crippen LogP contribution in [0.5, 0.6) is 0 Å². The SMILES string of the molecule is CCCCCNC(=O)CCC(N)c1ccccc1. The summed E-state index contributed by atoms with van der Waals surface area (Å²) >= 11 is 0. The zero-order valence-electron chi connectivity index (χ0n) is 11.2. The van der Waals surface area contributed by atoms with E-state index in [1.54, 1.807) is 0 Å². The third kappa shape index (κ3) is 5.82. The number of rotatable bonds is 8. The fraction of sp³-hybridized carbons (Fsp3) is 0.533. The van der Waals surface area contributed by atoms with Crippen molar-refractivity contribution in [1.82, 2.24) is 5.32 Å². The van der Waals surface area contributed by atoms with E-state index >= 15 is 0 Å². The Balaban J connectivity index is 2.18. The number of benzene rings is 1. The first-order valence-corrected chi connectivity index (χ1v) is 6.81. The van der Waals surface area contributed by atoms with Crippen molar-refractivity contribution in [2.45, 2.75) is 45.1 Å². The average molecular weight is 248 g/mol. The van der Waals surface area contributed by atoms with Gasteiger partial charge in [-0.3, -0.25) is 4.79 Å². The van der Waals surface area contributed by atoms with Crippen molar-refractivity contribution in [1.29, 1.82) is 0 Å². The highest BCUT2D eigenvalue weighted by Gasteiger charge is 2.08. The minimum Gasteiger partial charge on any atom is -0.356 e. The normalized spacial score (nSPS) is 12.1. The van der Waals surface area contributed by atoms with Gasteiger partial charge in [0.15, 0.2) is 0 Å². The number of nitrogens with two attached hydrogens (primary N) is 1. The van der Waals surface area contributed by atoms with E-state index < -0.39 is 0 Å². The lowest BCUT2D eigenvalue weighted by molar-refractivity contribution is -0.121. The molecule has 1 amide bonds. The summed E-state index contributed by atoms with van der Waals surface area (Å²) in [5.74, 6) is 0.109. The van der Waals surface area contributed by atoms with Gasteiger partial charge in [0.2, 0.25) is 5.91 Å². The minimum absolute atomic E-state index is 0.0485. The maximum Gasteiger partial charge on any atom is 0.220 e. The van der Waals surface area contributed by atoms with E-state index in [-0.39, 0.29) is 11.9 Å². The van der Waals surface area contributed by atoms with Gasteiger partial charge in [0.25, 0.3) is 0 Å². The van der Waals surface area contributed by atoms with E-state index in [0.29, 0.717) is 12.8 Å². The van der Waals surface area contributed by atoms with Crippen LogP contribution in [-0.4, -0.2) is 12.5 Å². The zero-order valence-corrected chi connectivity index (χ0v) is 11.2. The fourth-order valence-electron chi connectivity index (χ4n) is 1.84. The van der Waals surface area contributed by atoms with Crippen LogP contribution in [0, 0.1) is 0 Å². The molecule has 100 valence electrons. The first-order chi connectivity index (χ1) is 8.74. The Bertz CT molecular complexity index is 338. The summed E-state index contributed by atoms with van der Waals surface area (Å²) in [5.41, 5.74) is 7.13. The molecule has 18 heavy (non-hydrogen) atoms. The topological polar surface area (TPSA) is 55.1 Å². The summed E-state index contributed by atoms with van der Waals surface area (Å²) < 4.78 is 0. The average Bonchev–Trinajstić information content (AvgIpc) is 2.42. The molecule has 0 heterocycles. The Morgan fingerprint density at radius 3 is 2.67 bits per heavy atom. The number of carbonyl (C=O) groups excluding carboxylic acids is 1. The van der Waals surface area contributed by atoms with Crippen LogP contribution in [0.1, 0.15) is 50.6 Å². The molecule has 0 saturated heterocycles. The summed E-state index contributed by atoms with van der Waals surface area (Å²) in [4.78, 5) is 11.6. The second kappa shape index (κ2) is 8.70. The van der Waals surface area contributed by atoms with Crippen molar-refractivity contribution >= 4 is 5.91 Å². The molecule has 3 N–H and O–H groups in total. The number of hydrogen-bond acceptors (Lipinski definition) is 2. The summed E-state index contributed by atoms with van der Waals surface area (Å²) in [7, 11) is 0. The highest BCUT2D eigenvalue weighted by atomic mass is 16.1. The van der Waals surface area contributed by atoms with Gasteiger partial charge in [-0.25, -0.2) is 0 Å². The standard InChI is InChI=1S/C15H24N2O/c1-2-3-7-12-17-15(18)11-10-14(16)13-8-5-4-6-9-13/h4-6,8-9,14H,2-3,7,10-12,16H2,1H3,(H,17,18). The lowest BCUT2D eigenvalue weighted by Crippen LogP contribution is -2.25. The van der Waals surface area contributed by atoms with Gasteiger partial charge >= 0.3 is 0 Å². The molecule has 0 saturated carbocycles. The molecule has 1 aromatic rings. The Labute approximate surface area is 110 Å². The molecule has 0 spiro atoms. The Morgan fingerprint density at radius 1 is 1.28 bits per heavy atom. The van der Waals surface area contributed by atoms with E-state index in [4.69, 9.17) is 5.73 Å². The Morgan fingerprint density at radius 2 is 2.00 bits per heavy atom. The number of hydrogen-bond donors (Lipinski definition) is 2. The van der Waals surface area contributed by atoms with Crippen LogP contribution in [0.25, 0.3) is 0 Å². The van der Waals surface area contributed by atoms with Crippen molar-refractivity contribution < 1.29 is 4.79 Å². The second-order valence-corrected chi connectivity index (χ2v) is 4.61. The minimum atomic E-state index is -0.0485. The predicted molar refractivity (Wildman–Crippen MR) is 75.1 cm³/mol. The van der Waals surface area contributed by atoms with E-state index in [2.05, 4.69) is 12.2 Å². The second-order valence-electron chi connectivity index (χ2n) is 4.61. The third-order valence-electron chi connectivity index (χ3n) is 3.01. The molecule has 1 aromatic carbocycles. The highest BCUT2D eigenvalue weighted by Crippen LogP contribution is 2.14. The molecular weight excluding hydrogens is 224 g/mol. The Kier molecular flexibility index (Phi) is 7.11. The van der Waals surface area contributed by atoms with Gasteiger partial charge in [-0.1, -0.05) is 50.1 Å². The number of amides is 1. The van der Waals surface area contributed by atoms with Crippen LogP contribution >= 0.6 is 0 Å². The molecule has 3 heteroatoms. The van der Waals surface area contributed by atoms with Crippen molar-refractivity contribution in [2.24, 2.45) is 5.73 Å². The van der Waals surface area contributed by atoms with Crippen molar-refractivity contribution in [3.8, 4) is 0 Å². The van der Waals surface area contributed by atoms with E-state index in [1.807, 2.05) is 30.3 Å². The Hall–Kier alpha value is -1.35. The molecule has 0 fully saturated rings.